The van der Waals surface area contributed by atoms with E-state index in [4.69, 9.17) is 5.73 Å². The van der Waals surface area contributed by atoms with Crippen molar-refractivity contribution in [2.75, 3.05) is 32.7 Å². The van der Waals surface area contributed by atoms with Crippen LogP contribution in [-0.2, 0) is 4.79 Å². The number of carbonyl (C=O) groups is 1. The third-order valence-corrected chi connectivity index (χ3v) is 4.85. The molecule has 19 heavy (non-hydrogen) atoms. The number of nitrogens with two attached hydrogens (primary N) is 1. The highest BCUT2D eigenvalue weighted by Crippen LogP contribution is 2.25. The van der Waals surface area contributed by atoms with Gasteiger partial charge >= 0.3 is 0 Å². The predicted molar refractivity (Wildman–Crippen MR) is 77.9 cm³/mol. The fraction of sp³-hybridized carbons (Fsp3) is 0.933. The first-order valence-corrected chi connectivity index (χ1v) is 7.98. The molecule has 2 aliphatic rings. The average Bonchev–Trinajstić information content (AvgIpc) is 2.47. The van der Waals surface area contributed by atoms with Crippen LogP contribution in [0.25, 0.3) is 0 Å². The van der Waals surface area contributed by atoms with E-state index in [-0.39, 0.29) is 0 Å². The Bertz CT molecular complexity index is 289. The van der Waals surface area contributed by atoms with Crippen LogP contribution in [0.3, 0.4) is 0 Å². The van der Waals surface area contributed by atoms with Gasteiger partial charge in [0.2, 0.25) is 5.91 Å². The van der Waals surface area contributed by atoms with Gasteiger partial charge in [-0.05, 0) is 44.6 Å². The first-order valence-electron chi connectivity index (χ1n) is 7.98. The van der Waals surface area contributed by atoms with E-state index in [1.807, 2.05) is 4.90 Å². The minimum atomic E-state index is 0.315. The zero-order valence-corrected chi connectivity index (χ0v) is 12.3. The normalized spacial score (nSPS) is 29.5. The van der Waals surface area contributed by atoms with Crippen molar-refractivity contribution in [3.63, 3.8) is 0 Å². The Morgan fingerprint density at radius 1 is 1.16 bits per heavy atom. The molecule has 0 aromatic rings. The highest BCUT2D eigenvalue weighted by molar-refractivity contribution is 5.78. The van der Waals surface area contributed by atoms with Crippen molar-refractivity contribution in [2.45, 2.75) is 51.5 Å². The fourth-order valence-electron chi connectivity index (χ4n) is 3.64. The van der Waals surface area contributed by atoms with Gasteiger partial charge in [0.25, 0.3) is 0 Å². The molecule has 0 aromatic carbocycles. The zero-order chi connectivity index (χ0) is 13.7. The first kappa shape index (κ1) is 14.8. The van der Waals surface area contributed by atoms with Crippen LogP contribution in [0.2, 0.25) is 0 Å². The lowest BCUT2D eigenvalue weighted by molar-refractivity contribution is -0.134. The molecule has 2 rings (SSSR count). The molecule has 110 valence electrons. The first-order chi connectivity index (χ1) is 9.26. The van der Waals surface area contributed by atoms with E-state index in [9.17, 15) is 4.79 Å². The molecule has 2 atom stereocenters. The van der Waals surface area contributed by atoms with Crippen molar-refractivity contribution < 1.29 is 4.79 Å². The van der Waals surface area contributed by atoms with Gasteiger partial charge in [0, 0.05) is 25.7 Å². The van der Waals surface area contributed by atoms with E-state index in [0.717, 1.165) is 19.6 Å². The molecule has 1 amide bonds. The van der Waals surface area contributed by atoms with Crippen LogP contribution >= 0.6 is 0 Å². The van der Waals surface area contributed by atoms with Gasteiger partial charge < -0.3 is 10.6 Å². The van der Waals surface area contributed by atoms with E-state index in [2.05, 4.69) is 11.8 Å². The molecule has 0 bridgehead atoms. The Hall–Kier alpha value is -0.610. The highest BCUT2D eigenvalue weighted by Gasteiger charge is 2.31. The SMILES string of the molecule is CCC1CCCN(CC(=O)N2CCCCC2)C1CN. The minimum absolute atomic E-state index is 0.315. The van der Waals surface area contributed by atoms with Crippen LogP contribution in [-0.4, -0.2) is 54.5 Å². The quantitative estimate of drug-likeness (QED) is 0.838. The van der Waals surface area contributed by atoms with E-state index < -0.39 is 0 Å². The molecule has 2 fully saturated rings. The average molecular weight is 267 g/mol. The molecule has 2 saturated heterocycles. The van der Waals surface area contributed by atoms with Crippen molar-refractivity contribution in [1.82, 2.24) is 9.80 Å². The van der Waals surface area contributed by atoms with E-state index in [1.165, 1.54) is 38.5 Å². The summed E-state index contributed by atoms with van der Waals surface area (Å²) in [6.07, 6.45) is 7.27. The zero-order valence-electron chi connectivity index (χ0n) is 12.3. The van der Waals surface area contributed by atoms with E-state index in [0.29, 0.717) is 31.0 Å². The van der Waals surface area contributed by atoms with Gasteiger partial charge in [0.15, 0.2) is 0 Å². The van der Waals surface area contributed by atoms with Gasteiger partial charge in [-0.15, -0.1) is 0 Å². The largest absolute Gasteiger partial charge is 0.342 e. The van der Waals surface area contributed by atoms with Crippen LogP contribution in [0, 0.1) is 5.92 Å². The second-order valence-corrected chi connectivity index (χ2v) is 6.03. The molecule has 4 nitrogen and oxygen atoms in total. The molecule has 0 saturated carbocycles. The van der Waals surface area contributed by atoms with Gasteiger partial charge in [-0.1, -0.05) is 13.3 Å². The van der Waals surface area contributed by atoms with E-state index >= 15 is 0 Å². The van der Waals surface area contributed by atoms with Crippen LogP contribution in [0.15, 0.2) is 0 Å². The van der Waals surface area contributed by atoms with Gasteiger partial charge in [0.1, 0.15) is 0 Å². The smallest absolute Gasteiger partial charge is 0.236 e. The second-order valence-electron chi connectivity index (χ2n) is 6.03. The lowest BCUT2D eigenvalue weighted by atomic mass is 9.87. The number of piperidine rings is 2. The summed E-state index contributed by atoms with van der Waals surface area (Å²) < 4.78 is 0. The topological polar surface area (TPSA) is 49.6 Å². The number of nitrogens with zero attached hydrogens (tertiary/aromatic N) is 2. The molecule has 2 heterocycles. The van der Waals surface area contributed by atoms with Crippen LogP contribution in [0.5, 0.6) is 0 Å². The highest BCUT2D eigenvalue weighted by atomic mass is 16.2. The molecule has 2 unspecified atom stereocenters. The van der Waals surface area contributed by atoms with Crippen LogP contribution in [0.4, 0.5) is 0 Å². The standard InChI is InChI=1S/C15H29N3O/c1-2-13-7-6-10-18(14(13)11-16)12-15(19)17-8-4-3-5-9-17/h13-14H,2-12,16H2,1H3. The molecule has 0 spiro atoms. The molecule has 0 radical (unpaired) electrons. The Labute approximate surface area is 117 Å². The third-order valence-electron chi connectivity index (χ3n) is 4.85. The number of hydrogen-bond acceptors (Lipinski definition) is 3. The Morgan fingerprint density at radius 3 is 2.53 bits per heavy atom. The van der Waals surface area contributed by atoms with Crippen LogP contribution < -0.4 is 5.73 Å². The summed E-state index contributed by atoms with van der Waals surface area (Å²) >= 11 is 0. The fourth-order valence-corrected chi connectivity index (χ4v) is 3.64. The number of hydrogen-bond donors (Lipinski definition) is 1. The summed E-state index contributed by atoms with van der Waals surface area (Å²) in [5, 5.41) is 0. The summed E-state index contributed by atoms with van der Waals surface area (Å²) in [6.45, 7) is 6.46. The Balaban J connectivity index is 1.90. The summed E-state index contributed by atoms with van der Waals surface area (Å²) in [4.78, 5) is 16.8. The lowest BCUT2D eigenvalue weighted by Gasteiger charge is -2.41. The summed E-state index contributed by atoms with van der Waals surface area (Å²) in [5.74, 6) is 0.989. The molecular formula is C15H29N3O. The summed E-state index contributed by atoms with van der Waals surface area (Å²) in [7, 11) is 0. The van der Waals surface area contributed by atoms with Crippen LogP contribution in [0.1, 0.15) is 45.4 Å². The van der Waals surface area contributed by atoms with Gasteiger partial charge in [0.05, 0.1) is 6.54 Å². The second kappa shape index (κ2) is 7.25. The Morgan fingerprint density at radius 2 is 1.89 bits per heavy atom. The number of likely N-dealkylation sites (tertiary alicyclic amines) is 2. The molecule has 2 aliphatic heterocycles. The minimum Gasteiger partial charge on any atom is -0.342 e. The molecule has 0 aromatic heterocycles. The number of rotatable bonds is 4. The third kappa shape index (κ3) is 3.69. The van der Waals surface area contributed by atoms with Crippen molar-refractivity contribution in [1.29, 1.82) is 0 Å². The van der Waals surface area contributed by atoms with Crippen molar-refractivity contribution in [2.24, 2.45) is 11.7 Å². The molecule has 4 heteroatoms. The summed E-state index contributed by atoms with van der Waals surface area (Å²) in [5.41, 5.74) is 5.95. The maximum atomic E-state index is 12.4. The molecule has 0 aliphatic carbocycles. The van der Waals surface area contributed by atoms with Crippen molar-refractivity contribution in [3.8, 4) is 0 Å². The maximum absolute atomic E-state index is 12.4. The van der Waals surface area contributed by atoms with Crippen molar-refractivity contribution in [3.05, 3.63) is 0 Å². The van der Waals surface area contributed by atoms with Crippen molar-refractivity contribution >= 4 is 5.91 Å². The maximum Gasteiger partial charge on any atom is 0.236 e. The Kier molecular flexibility index (Phi) is 5.64. The number of amides is 1. The van der Waals surface area contributed by atoms with E-state index in [1.54, 1.807) is 0 Å². The number of carbonyl (C=O) groups excluding carboxylic acids is 1. The molecule has 2 N–H and O–H groups in total. The van der Waals surface area contributed by atoms with Gasteiger partial charge in [-0.25, -0.2) is 0 Å². The lowest BCUT2D eigenvalue weighted by Crippen LogP contribution is -2.53. The van der Waals surface area contributed by atoms with Gasteiger partial charge in [-0.3, -0.25) is 9.69 Å². The monoisotopic (exact) mass is 267 g/mol. The molecular weight excluding hydrogens is 238 g/mol. The summed E-state index contributed by atoms with van der Waals surface area (Å²) in [6, 6.07) is 0.410. The predicted octanol–water partition coefficient (Wildman–Crippen LogP) is 1.45. The van der Waals surface area contributed by atoms with Gasteiger partial charge in [-0.2, -0.15) is 0 Å².